The maximum Gasteiger partial charge on any atom is 0.00385 e. The first-order valence-electron chi connectivity index (χ1n) is 6.61. The Morgan fingerprint density at radius 1 is 1.13 bits per heavy atom. The third-order valence-electron chi connectivity index (χ3n) is 4.04. The van der Waals surface area contributed by atoms with Crippen LogP contribution in [0.4, 0.5) is 0 Å². The van der Waals surface area contributed by atoms with Crippen LogP contribution in [0.2, 0.25) is 0 Å². The van der Waals surface area contributed by atoms with E-state index in [1.807, 2.05) is 0 Å². The fourth-order valence-corrected chi connectivity index (χ4v) is 2.99. The Bertz CT molecular complexity index is 189. The minimum Gasteiger partial charge on any atom is -0.302 e. The van der Waals surface area contributed by atoms with Crippen molar-refractivity contribution in [3.63, 3.8) is 0 Å². The van der Waals surface area contributed by atoms with E-state index in [4.69, 9.17) is 0 Å². The van der Waals surface area contributed by atoms with Crippen molar-refractivity contribution in [2.45, 2.75) is 39.7 Å². The highest BCUT2D eigenvalue weighted by molar-refractivity contribution is 4.81. The number of likely N-dealkylation sites (tertiary alicyclic amines) is 2. The first-order chi connectivity index (χ1) is 7.15. The zero-order valence-corrected chi connectivity index (χ0v) is 10.6. The van der Waals surface area contributed by atoms with E-state index in [2.05, 4.69) is 30.6 Å². The summed E-state index contributed by atoms with van der Waals surface area (Å²) in [5.74, 6) is 1.94. The molecule has 0 aromatic rings. The zero-order chi connectivity index (χ0) is 10.8. The van der Waals surface area contributed by atoms with Crippen molar-refractivity contribution in [2.24, 2.45) is 11.8 Å². The van der Waals surface area contributed by atoms with Gasteiger partial charge in [0.15, 0.2) is 0 Å². The lowest BCUT2D eigenvalue weighted by atomic mass is 9.92. The van der Waals surface area contributed by atoms with Crippen molar-refractivity contribution in [3.05, 3.63) is 0 Å². The van der Waals surface area contributed by atoms with Gasteiger partial charge in [-0.1, -0.05) is 6.92 Å². The summed E-state index contributed by atoms with van der Waals surface area (Å²) in [7, 11) is 0. The van der Waals surface area contributed by atoms with Gasteiger partial charge in [-0.3, -0.25) is 0 Å². The Balaban J connectivity index is 1.65. The summed E-state index contributed by atoms with van der Waals surface area (Å²) >= 11 is 0. The Kier molecular flexibility index (Phi) is 3.68. The maximum absolute atomic E-state index is 2.64. The van der Waals surface area contributed by atoms with Gasteiger partial charge in [-0.25, -0.2) is 0 Å². The lowest BCUT2D eigenvalue weighted by molar-refractivity contribution is 0.0644. The first kappa shape index (κ1) is 11.4. The van der Waals surface area contributed by atoms with Gasteiger partial charge in [0.2, 0.25) is 0 Å². The number of nitrogens with zero attached hydrogens (tertiary/aromatic N) is 2. The molecule has 15 heavy (non-hydrogen) atoms. The van der Waals surface area contributed by atoms with Gasteiger partial charge in [-0.15, -0.1) is 0 Å². The van der Waals surface area contributed by atoms with Gasteiger partial charge in [0.1, 0.15) is 0 Å². The van der Waals surface area contributed by atoms with E-state index >= 15 is 0 Å². The fourth-order valence-electron chi connectivity index (χ4n) is 2.99. The molecule has 0 saturated carbocycles. The van der Waals surface area contributed by atoms with Crippen LogP contribution in [0.1, 0.15) is 33.6 Å². The predicted molar refractivity (Wildman–Crippen MR) is 65.0 cm³/mol. The van der Waals surface area contributed by atoms with Crippen molar-refractivity contribution >= 4 is 0 Å². The van der Waals surface area contributed by atoms with Gasteiger partial charge in [0, 0.05) is 25.7 Å². The molecule has 88 valence electrons. The smallest absolute Gasteiger partial charge is 0.00385 e. The molecule has 0 aliphatic carbocycles. The molecule has 2 heterocycles. The van der Waals surface area contributed by atoms with Crippen LogP contribution in [0.15, 0.2) is 0 Å². The molecule has 2 heteroatoms. The van der Waals surface area contributed by atoms with E-state index < -0.39 is 0 Å². The van der Waals surface area contributed by atoms with E-state index in [9.17, 15) is 0 Å². The molecular weight excluding hydrogens is 184 g/mol. The SMILES string of the molecule is CC1CN(CC2CCN(C(C)C)CC2)C1. The first-order valence-corrected chi connectivity index (χ1v) is 6.61. The molecule has 0 aromatic heterocycles. The molecule has 0 amide bonds. The molecule has 2 aliphatic heterocycles. The Labute approximate surface area is 94.6 Å². The van der Waals surface area contributed by atoms with Gasteiger partial charge >= 0.3 is 0 Å². The van der Waals surface area contributed by atoms with Crippen LogP contribution < -0.4 is 0 Å². The molecule has 2 rings (SSSR count). The van der Waals surface area contributed by atoms with Crippen LogP contribution in [0.25, 0.3) is 0 Å². The highest BCUT2D eigenvalue weighted by Crippen LogP contribution is 2.23. The van der Waals surface area contributed by atoms with Crippen molar-refractivity contribution in [1.82, 2.24) is 9.80 Å². The lowest BCUT2D eigenvalue weighted by Gasteiger charge is -2.42. The molecular formula is C13H26N2. The largest absolute Gasteiger partial charge is 0.302 e. The highest BCUT2D eigenvalue weighted by atomic mass is 15.2. The van der Waals surface area contributed by atoms with Crippen LogP contribution >= 0.6 is 0 Å². The normalized spacial score (nSPS) is 27.2. The average molecular weight is 210 g/mol. The standard InChI is InChI=1S/C13H26N2/c1-11(2)15-6-4-13(5-7-15)10-14-8-12(3)9-14/h11-13H,4-10H2,1-3H3. The Hall–Kier alpha value is -0.0800. The van der Waals surface area contributed by atoms with Gasteiger partial charge < -0.3 is 9.80 Å². The van der Waals surface area contributed by atoms with Crippen molar-refractivity contribution in [3.8, 4) is 0 Å². The summed E-state index contributed by atoms with van der Waals surface area (Å²) in [5.41, 5.74) is 0. The van der Waals surface area contributed by atoms with Crippen LogP contribution in [0, 0.1) is 11.8 Å². The second-order valence-electron chi connectivity index (χ2n) is 5.90. The summed E-state index contributed by atoms with van der Waals surface area (Å²) < 4.78 is 0. The quantitative estimate of drug-likeness (QED) is 0.703. The molecule has 0 aromatic carbocycles. The summed E-state index contributed by atoms with van der Waals surface area (Å²) in [6.07, 6.45) is 2.84. The molecule has 0 spiro atoms. The van der Waals surface area contributed by atoms with E-state index in [1.165, 1.54) is 45.6 Å². The number of piperidine rings is 1. The average Bonchev–Trinajstić information content (AvgIpc) is 2.16. The zero-order valence-electron chi connectivity index (χ0n) is 10.6. The Morgan fingerprint density at radius 2 is 1.73 bits per heavy atom. The van der Waals surface area contributed by atoms with Crippen molar-refractivity contribution in [1.29, 1.82) is 0 Å². The summed E-state index contributed by atoms with van der Waals surface area (Å²) in [6.45, 7) is 13.7. The van der Waals surface area contributed by atoms with Crippen LogP contribution in [0.5, 0.6) is 0 Å². The van der Waals surface area contributed by atoms with Crippen LogP contribution in [-0.2, 0) is 0 Å². The second-order valence-corrected chi connectivity index (χ2v) is 5.90. The molecule has 0 bridgehead atoms. The Morgan fingerprint density at radius 3 is 2.20 bits per heavy atom. The molecule has 0 atom stereocenters. The van der Waals surface area contributed by atoms with Gasteiger partial charge in [-0.2, -0.15) is 0 Å². The summed E-state index contributed by atoms with van der Waals surface area (Å²) in [6, 6.07) is 0.745. The molecule has 2 saturated heterocycles. The maximum atomic E-state index is 2.64. The third-order valence-corrected chi connectivity index (χ3v) is 4.04. The van der Waals surface area contributed by atoms with E-state index in [-0.39, 0.29) is 0 Å². The van der Waals surface area contributed by atoms with E-state index in [0.29, 0.717) is 0 Å². The van der Waals surface area contributed by atoms with Crippen LogP contribution in [-0.4, -0.2) is 48.6 Å². The van der Waals surface area contributed by atoms with E-state index in [0.717, 1.165) is 17.9 Å². The van der Waals surface area contributed by atoms with Gasteiger partial charge in [0.25, 0.3) is 0 Å². The number of hydrogen-bond acceptors (Lipinski definition) is 2. The molecule has 0 unspecified atom stereocenters. The summed E-state index contributed by atoms with van der Waals surface area (Å²) in [4.78, 5) is 5.26. The van der Waals surface area contributed by atoms with Crippen LogP contribution in [0.3, 0.4) is 0 Å². The highest BCUT2D eigenvalue weighted by Gasteiger charge is 2.27. The minimum atomic E-state index is 0.745. The molecule has 0 N–H and O–H groups in total. The lowest BCUT2D eigenvalue weighted by Crippen LogP contribution is -2.49. The predicted octanol–water partition coefficient (Wildman–Crippen LogP) is 2.06. The number of rotatable bonds is 3. The second kappa shape index (κ2) is 4.84. The third kappa shape index (κ3) is 2.94. The van der Waals surface area contributed by atoms with Gasteiger partial charge in [0.05, 0.1) is 0 Å². The molecule has 2 fully saturated rings. The van der Waals surface area contributed by atoms with Gasteiger partial charge in [-0.05, 0) is 51.6 Å². The molecule has 2 nitrogen and oxygen atoms in total. The molecule has 2 aliphatic rings. The molecule has 0 radical (unpaired) electrons. The van der Waals surface area contributed by atoms with E-state index in [1.54, 1.807) is 0 Å². The van der Waals surface area contributed by atoms with Crippen molar-refractivity contribution in [2.75, 3.05) is 32.7 Å². The topological polar surface area (TPSA) is 6.48 Å². The summed E-state index contributed by atoms with van der Waals surface area (Å²) in [5, 5.41) is 0. The fraction of sp³-hybridized carbons (Fsp3) is 1.00. The van der Waals surface area contributed by atoms with Crippen molar-refractivity contribution < 1.29 is 0 Å². The number of hydrogen-bond donors (Lipinski definition) is 0. The monoisotopic (exact) mass is 210 g/mol. The minimum absolute atomic E-state index is 0.745.